The average Bonchev–Trinajstić information content (AvgIpc) is 2.49. The maximum atomic E-state index is 12.4. The van der Waals surface area contributed by atoms with Gasteiger partial charge < -0.3 is 10.3 Å². The Morgan fingerprint density at radius 1 is 1.32 bits per heavy atom. The molecule has 2 heterocycles. The minimum atomic E-state index is -0.399. The zero-order valence-electron chi connectivity index (χ0n) is 12.4. The number of halogens is 1. The molecule has 0 bridgehead atoms. The van der Waals surface area contributed by atoms with E-state index >= 15 is 0 Å². The van der Waals surface area contributed by atoms with Gasteiger partial charge in [-0.25, -0.2) is 4.98 Å². The predicted molar refractivity (Wildman–Crippen MR) is 88.9 cm³/mol. The molecule has 2 aromatic heterocycles. The number of pyridine rings is 2. The number of hydrogen-bond acceptors (Lipinski definition) is 3. The molecule has 22 heavy (non-hydrogen) atoms. The number of carbonyl (C=O) groups excluding carboxylic acids is 1. The fourth-order valence-corrected chi connectivity index (χ4v) is 3.25. The molecule has 3 rings (SSSR count). The largest absolute Gasteiger partial charge is 0.349 e. The van der Waals surface area contributed by atoms with Crippen molar-refractivity contribution in [3.8, 4) is 0 Å². The zero-order valence-corrected chi connectivity index (χ0v) is 13.9. The van der Waals surface area contributed by atoms with E-state index in [-0.39, 0.29) is 17.5 Å². The van der Waals surface area contributed by atoms with Gasteiger partial charge in [0.2, 0.25) is 0 Å². The molecule has 0 atom stereocenters. The summed E-state index contributed by atoms with van der Waals surface area (Å²) in [7, 11) is 0. The lowest BCUT2D eigenvalue weighted by Crippen LogP contribution is -2.39. The third-order valence-electron chi connectivity index (χ3n) is 4.26. The van der Waals surface area contributed by atoms with Crippen molar-refractivity contribution in [2.24, 2.45) is 5.92 Å². The van der Waals surface area contributed by atoms with Gasteiger partial charge in [-0.1, -0.05) is 6.92 Å². The molecule has 6 heteroatoms. The van der Waals surface area contributed by atoms with Gasteiger partial charge in [0.05, 0.1) is 0 Å². The number of amides is 1. The standard InChI is InChI=1S/C16H18BrN3O2/c1-9-2-4-12(5-3-9)19-15(21)13-7-10-6-11(17)8-18-14(10)20-16(13)22/h6-9,12H,2-5H2,1H3,(H,19,21)(H,18,20,22). The Morgan fingerprint density at radius 3 is 2.77 bits per heavy atom. The lowest BCUT2D eigenvalue weighted by molar-refractivity contribution is 0.0921. The van der Waals surface area contributed by atoms with Crippen molar-refractivity contribution in [3.05, 3.63) is 38.7 Å². The lowest BCUT2D eigenvalue weighted by atomic mass is 9.87. The first-order valence-electron chi connectivity index (χ1n) is 7.52. The SMILES string of the molecule is CC1CCC(NC(=O)c2cc3cc(Br)cnc3[nH]c2=O)CC1. The molecule has 0 aromatic carbocycles. The normalized spacial score (nSPS) is 21.7. The molecule has 0 radical (unpaired) electrons. The Labute approximate surface area is 136 Å². The highest BCUT2D eigenvalue weighted by atomic mass is 79.9. The number of H-pyrrole nitrogens is 1. The van der Waals surface area contributed by atoms with E-state index in [1.165, 1.54) is 0 Å². The Hall–Kier alpha value is -1.69. The Bertz CT molecular complexity index is 764. The van der Waals surface area contributed by atoms with Crippen LogP contribution in [0, 0.1) is 5.92 Å². The van der Waals surface area contributed by atoms with Gasteiger partial charge in [0.25, 0.3) is 11.5 Å². The summed E-state index contributed by atoms with van der Waals surface area (Å²) in [6, 6.07) is 3.60. The molecule has 1 fully saturated rings. The van der Waals surface area contributed by atoms with Gasteiger partial charge in [-0.2, -0.15) is 0 Å². The van der Waals surface area contributed by atoms with E-state index in [9.17, 15) is 9.59 Å². The first kappa shape index (κ1) is 15.2. The van der Waals surface area contributed by atoms with Crippen LogP contribution in [0.3, 0.4) is 0 Å². The number of hydrogen-bond donors (Lipinski definition) is 2. The van der Waals surface area contributed by atoms with Crippen molar-refractivity contribution in [2.45, 2.75) is 38.6 Å². The first-order valence-corrected chi connectivity index (χ1v) is 8.31. The van der Waals surface area contributed by atoms with Crippen molar-refractivity contribution >= 4 is 32.9 Å². The first-order chi connectivity index (χ1) is 10.5. The topological polar surface area (TPSA) is 74.8 Å². The highest BCUT2D eigenvalue weighted by Gasteiger charge is 2.21. The van der Waals surface area contributed by atoms with Crippen LogP contribution >= 0.6 is 15.9 Å². The maximum absolute atomic E-state index is 12.4. The molecule has 0 saturated heterocycles. The number of nitrogens with one attached hydrogen (secondary N) is 2. The van der Waals surface area contributed by atoms with Crippen molar-refractivity contribution in [1.82, 2.24) is 15.3 Å². The van der Waals surface area contributed by atoms with Crippen molar-refractivity contribution in [1.29, 1.82) is 0 Å². The Balaban J connectivity index is 1.84. The summed E-state index contributed by atoms with van der Waals surface area (Å²) in [6.45, 7) is 2.23. The molecule has 2 aromatic rings. The molecule has 0 spiro atoms. The molecule has 1 amide bonds. The van der Waals surface area contributed by atoms with Gasteiger partial charge in [-0.05, 0) is 59.7 Å². The average molecular weight is 364 g/mol. The molecule has 116 valence electrons. The summed E-state index contributed by atoms with van der Waals surface area (Å²) in [5.41, 5.74) is 0.228. The van der Waals surface area contributed by atoms with E-state index in [1.807, 2.05) is 6.07 Å². The van der Waals surface area contributed by atoms with Gasteiger partial charge in [0, 0.05) is 22.1 Å². The summed E-state index contributed by atoms with van der Waals surface area (Å²) < 4.78 is 0.805. The number of aromatic nitrogens is 2. The van der Waals surface area contributed by atoms with Crippen molar-refractivity contribution in [3.63, 3.8) is 0 Å². The van der Waals surface area contributed by atoms with Crippen LogP contribution in [0.4, 0.5) is 0 Å². The molecule has 0 unspecified atom stereocenters. The third-order valence-corrected chi connectivity index (χ3v) is 4.69. The van der Waals surface area contributed by atoms with Crippen LogP contribution in [-0.4, -0.2) is 21.9 Å². The molecule has 2 N–H and O–H groups in total. The summed E-state index contributed by atoms with van der Waals surface area (Å²) >= 11 is 3.34. The van der Waals surface area contributed by atoms with Crippen LogP contribution in [0.2, 0.25) is 0 Å². The third kappa shape index (κ3) is 3.21. The van der Waals surface area contributed by atoms with Crippen LogP contribution in [-0.2, 0) is 0 Å². The number of rotatable bonds is 2. The monoisotopic (exact) mass is 363 g/mol. The number of fused-ring (bicyclic) bond motifs is 1. The highest BCUT2D eigenvalue weighted by Crippen LogP contribution is 2.23. The van der Waals surface area contributed by atoms with Crippen LogP contribution in [0.1, 0.15) is 43.0 Å². The summed E-state index contributed by atoms with van der Waals surface area (Å²) in [6.07, 6.45) is 5.81. The number of carbonyl (C=O) groups is 1. The second-order valence-electron chi connectivity index (χ2n) is 6.03. The fraction of sp³-hybridized carbons (Fsp3) is 0.438. The van der Waals surface area contributed by atoms with E-state index in [2.05, 4.69) is 38.1 Å². The van der Waals surface area contributed by atoms with Crippen LogP contribution in [0.25, 0.3) is 11.0 Å². The second-order valence-corrected chi connectivity index (χ2v) is 6.95. The molecule has 1 saturated carbocycles. The van der Waals surface area contributed by atoms with E-state index in [1.54, 1.807) is 12.3 Å². The van der Waals surface area contributed by atoms with Gasteiger partial charge >= 0.3 is 0 Å². The highest BCUT2D eigenvalue weighted by molar-refractivity contribution is 9.10. The van der Waals surface area contributed by atoms with E-state index in [0.29, 0.717) is 5.65 Å². The molecular formula is C16H18BrN3O2. The number of nitrogens with zero attached hydrogens (tertiary/aromatic N) is 1. The van der Waals surface area contributed by atoms with Crippen molar-refractivity contribution < 1.29 is 4.79 Å². The lowest BCUT2D eigenvalue weighted by Gasteiger charge is -2.26. The molecular weight excluding hydrogens is 346 g/mol. The summed E-state index contributed by atoms with van der Waals surface area (Å²) in [4.78, 5) is 31.3. The second kappa shape index (κ2) is 6.20. The van der Waals surface area contributed by atoms with Crippen molar-refractivity contribution in [2.75, 3.05) is 0 Å². The molecule has 1 aliphatic rings. The van der Waals surface area contributed by atoms with Crippen LogP contribution in [0.5, 0.6) is 0 Å². The van der Waals surface area contributed by atoms with E-state index in [0.717, 1.165) is 41.5 Å². The molecule has 1 aliphatic carbocycles. The van der Waals surface area contributed by atoms with Gasteiger partial charge in [-0.3, -0.25) is 9.59 Å². The minimum absolute atomic E-state index is 0.144. The van der Waals surface area contributed by atoms with Gasteiger partial charge in [0.1, 0.15) is 11.2 Å². The summed E-state index contributed by atoms with van der Waals surface area (Å²) in [5.74, 6) is 0.420. The van der Waals surface area contributed by atoms with Crippen LogP contribution in [0.15, 0.2) is 27.6 Å². The smallest absolute Gasteiger partial charge is 0.262 e. The molecule has 0 aliphatic heterocycles. The van der Waals surface area contributed by atoms with Gasteiger partial charge in [-0.15, -0.1) is 0 Å². The van der Waals surface area contributed by atoms with Gasteiger partial charge in [0.15, 0.2) is 0 Å². The quantitative estimate of drug-likeness (QED) is 0.860. The van der Waals surface area contributed by atoms with E-state index in [4.69, 9.17) is 0 Å². The fourth-order valence-electron chi connectivity index (χ4n) is 2.90. The Kier molecular flexibility index (Phi) is 4.29. The molecule has 5 nitrogen and oxygen atoms in total. The summed E-state index contributed by atoms with van der Waals surface area (Å²) in [5, 5.41) is 3.72. The maximum Gasteiger partial charge on any atom is 0.262 e. The predicted octanol–water partition coefficient (Wildman–Crippen LogP) is 2.99. The van der Waals surface area contributed by atoms with E-state index < -0.39 is 5.56 Å². The Morgan fingerprint density at radius 2 is 2.05 bits per heavy atom. The number of aromatic amines is 1. The minimum Gasteiger partial charge on any atom is -0.349 e. The van der Waals surface area contributed by atoms with Crippen LogP contribution < -0.4 is 10.9 Å². The zero-order chi connectivity index (χ0) is 15.7.